The number of rotatable bonds is 7. The predicted octanol–water partition coefficient (Wildman–Crippen LogP) is 1.16. The van der Waals surface area contributed by atoms with Crippen LogP contribution in [0.1, 0.15) is 31.5 Å². The molecule has 1 rings (SSSR count). The molecule has 1 aromatic heterocycles. The minimum absolute atomic E-state index is 0.106. The molecule has 0 bridgehead atoms. The van der Waals surface area contributed by atoms with Crippen molar-refractivity contribution in [2.24, 2.45) is 0 Å². The molecular formula is C13H23N3O. The average Bonchev–Trinajstić information content (AvgIpc) is 2.25. The molecule has 0 aliphatic rings. The fourth-order valence-electron chi connectivity index (χ4n) is 1.57. The molecule has 4 heteroatoms. The minimum atomic E-state index is 0.106. The van der Waals surface area contributed by atoms with Crippen LogP contribution in [0.15, 0.2) is 17.1 Å². The number of pyridine rings is 1. The van der Waals surface area contributed by atoms with Crippen LogP contribution in [0.5, 0.6) is 0 Å². The Morgan fingerprint density at radius 2 is 2.12 bits per heavy atom. The Labute approximate surface area is 103 Å². The van der Waals surface area contributed by atoms with Crippen LogP contribution in [0.3, 0.4) is 0 Å². The van der Waals surface area contributed by atoms with E-state index in [4.69, 9.17) is 0 Å². The lowest BCUT2D eigenvalue weighted by Crippen LogP contribution is -2.27. The van der Waals surface area contributed by atoms with Crippen LogP contribution in [-0.2, 0) is 6.54 Å². The topological polar surface area (TPSA) is 56.9 Å². The summed E-state index contributed by atoms with van der Waals surface area (Å²) < 4.78 is 0. The lowest BCUT2D eigenvalue weighted by molar-refractivity contribution is 0.547. The smallest absolute Gasteiger partial charge is 0.186 e. The molecule has 1 aromatic rings. The fourth-order valence-corrected chi connectivity index (χ4v) is 1.57. The van der Waals surface area contributed by atoms with E-state index >= 15 is 0 Å². The maximum Gasteiger partial charge on any atom is 0.186 e. The highest BCUT2D eigenvalue weighted by Gasteiger charge is 1.98. The maximum atomic E-state index is 11.6. The zero-order valence-corrected chi connectivity index (χ0v) is 11.0. The number of aromatic nitrogens is 1. The molecule has 0 atom stereocenters. The number of H-pyrrole nitrogens is 1. The Morgan fingerprint density at radius 1 is 1.35 bits per heavy atom. The first kappa shape index (κ1) is 13.9. The summed E-state index contributed by atoms with van der Waals surface area (Å²) >= 11 is 0. The molecule has 0 radical (unpaired) electrons. The van der Waals surface area contributed by atoms with Crippen molar-refractivity contribution in [2.45, 2.75) is 39.8 Å². The molecule has 4 nitrogen and oxygen atoms in total. The van der Waals surface area contributed by atoms with E-state index in [-0.39, 0.29) is 5.43 Å². The maximum absolute atomic E-state index is 11.6. The van der Waals surface area contributed by atoms with Crippen LogP contribution in [0, 0.1) is 6.92 Å². The quantitative estimate of drug-likeness (QED) is 0.624. The van der Waals surface area contributed by atoms with Gasteiger partial charge in [0.15, 0.2) is 5.43 Å². The lowest BCUT2D eigenvalue weighted by atomic mass is 10.2. The summed E-state index contributed by atoms with van der Waals surface area (Å²) in [5.74, 6) is 0. The molecule has 0 aliphatic carbocycles. The highest BCUT2D eigenvalue weighted by molar-refractivity contribution is 5.13. The monoisotopic (exact) mass is 237 g/mol. The lowest BCUT2D eigenvalue weighted by Gasteiger charge is -2.08. The number of aromatic amines is 1. The van der Waals surface area contributed by atoms with Gasteiger partial charge in [0.05, 0.1) is 0 Å². The zero-order valence-electron chi connectivity index (χ0n) is 11.0. The molecule has 0 saturated heterocycles. The molecule has 96 valence electrons. The van der Waals surface area contributed by atoms with Gasteiger partial charge in [-0.2, -0.15) is 0 Å². The first-order valence-electron chi connectivity index (χ1n) is 6.22. The third-order valence-corrected chi connectivity index (χ3v) is 2.54. The number of hydrogen-bond acceptors (Lipinski definition) is 3. The molecule has 0 spiro atoms. The van der Waals surface area contributed by atoms with E-state index in [1.807, 2.05) is 6.92 Å². The molecular weight excluding hydrogens is 214 g/mol. The fraction of sp³-hybridized carbons (Fsp3) is 0.615. The Hall–Kier alpha value is -1.13. The van der Waals surface area contributed by atoms with Crippen LogP contribution in [-0.4, -0.2) is 24.1 Å². The van der Waals surface area contributed by atoms with Crippen LogP contribution < -0.4 is 16.1 Å². The SMILES string of the molecule is Cc1cc(=O)c(CNCCCNC(C)C)c[nH]1. The largest absolute Gasteiger partial charge is 0.365 e. The molecule has 0 fully saturated rings. The normalized spacial score (nSPS) is 11.1. The molecule has 0 amide bonds. The average molecular weight is 237 g/mol. The van der Waals surface area contributed by atoms with E-state index in [2.05, 4.69) is 29.5 Å². The van der Waals surface area contributed by atoms with E-state index in [0.717, 1.165) is 30.8 Å². The van der Waals surface area contributed by atoms with E-state index in [1.54, 1.807) is 12.3 Å². The number of nitrogens with one attached hydrogen (secondary N) is 3. The van der Waals surface area contributed by atoms with Crippen molar-refractivity contribution < 1.29 is 0 Å². The summed E-state index contributed by atoms with van der Waals surface area (Å²) in [6, 6.07) is 2.17. The minimum Gasteiger partial charge on any atom is -0.365 e. The van der Waals surface area contributed by atoms with Gasteiger partial charge < -0.3 is 15.6 Å². The van der Waals surface area contributed by atoms with Crippen molar-refractivity contribution in [1.29, 1.82) is 0 Å². The summed E-state index contributed by atoms with van der Waals surface area (Å²) in [5.41, 5.74) is 1.81. The van der Waals surface area contributed by atoms with E-state index < -0.39 is 0 Å². The summed E-state index contributed by atoms with van der Waals surface area (Å²) in [6.45, 7) is 8.73. The molecule has 0 aromatic carbocycles. The molecule has 0 aliphatic heterocycles. The molecule has 1 heterocycles. The zero-order chi connectivity index (χ0) is 12.7. The highest BCUT2D eigenvalue weighted by Crippen LogP contribution is 1.91. The standard InChI is InChI=1S/C13H23N3O/c1-10(2)15-6-4-5-14-8-12-9-16-11(3)7-13(12)17/h7,9-10,14-15H,4-6,8H2,1-3H3,(H,16,17). The first-order chi connectivity index (χ1) is 8.09. The van der Waals surface area contributed by atoms with Gasteiger partial charge in [-0.1, -0.05) is 13.8 Å². The van der Waals surface area contributed by atoms with Gasteiger partial charge in [0, 0.05) is 36.1 Å². The molecule has 0 saturated carbocycles. The third kappa shape index (κ3) is 5.65. The summed E-state index contributed by atoms with van der Waals surface area (Å²) in [7, 11) is 0. The van der Waals surface area contributed by atoms with Crippen molar-refractivity contribution >= 4 is 0 Å². The van der Waals surface area contributed by atoms with Gasteiger partial charge in [0.2, 0.25) is 0 Å². The van der Waals surface area contributed by atoms with Crippen LogP contribution in [0.25, 0.3) is 0 Å². The van der Waals surface area contributed by atoms with E-state index in [0.29, 0.717) is 12.6 Å². The van der Waals surface area contributed by atoms with Gasteiger partial charge in [0.1, 0.15) is 0 Å². The third-order valence-electron chi connectivity index (χ3n) is 2.54. The molecule has 3 N–H and O–H groups in total. The van der Waals surface area contributed by atoms with Crippen LogP contribution in [0.4, 0.5) is 0 Å². The summed E-state index contributed by atoms with van der Waals surface area (Å²) in [4.78, 5) is 14.6. The summed E-state index contributed by atoms with van der Waals surface area (Å²) in [5, 5.41) is 6.63. The van der Waals surface area contributed by atoms with Crippen LogP contribution >= 0.6 is 0 Å². The Balaban J connectivity index is 2.20. The molecule has 17 heavy (non-hydrogen) atoms. The summed E-state index contributed by atoms with van der Waals surface area (Å²) in [6.07, 6.45) is 2.86. The van der Waals surface area contributed by atoms with Gasteiger partial charge in [-0.3, -0.25) is 4.79 Å². The predicted molar refractivity (Wildman–Crippen MR) is 71.3 cm³/mol. The van der Waals surface area contributed by atoms with Gasteiger partial charge in [-0.25, -0.2) is 0 Å². The Morgan fingerprint density at radius 3 is 2.76 bits per heavy atom. The van der Waals surface area contributed by atoms with Gasteiger partial charge >= 0.3 is 0 Å². The number of aryl methyl sites for hydroxylation is 1. The Kier molecular flexibility index (Phi) is 5.94. The van der Waals surface area contributed by atoms with Gasteiger partial charge in [0.25, 0.3) is 0 Å². The van der Waals surface area contributed by atoms with Crippen molar-refractivity contribution in [3.05, 3.63) is 33.7 Å². The second-order valence-electron chi connectivity index (χ2n) is 4.64. The number of hydrogen-bond donors (Lipinski definition) is 3. The second kappa shape index (κ2) is 7.25. The van der Waals surface area contributed by atoms with Crippen molar-refractivity contribution in [3.8, 4) is 0 Å². The van der Waals surface area contributed by atoms with Gasteiger partial charge in [-0.05, 0) is 26.4 Å². The van der Waals surface area contributed by atoms with Gasteiger partial charge in [-0.15, -0.1) is 0 Å². The second-order valence-corrected chi connectivity index (χ2v) is 4.64. The van der Waals surface area contributed by atoms with Crippen molar-refractivity contribution in [1.82, 2.24) is 15.6 Å². The first-order valence-corrected chi connectivity index (χ1v) is 6.22. The van der Waals surface area contributed by atoms with Crippen molar-refractivity contribution in [2.75, 3.05) is 13.1 Å². The van der Waals surface area contributed by atoms with Crippen LogP contribution in [0.2, 0.25) is 0 Å². The van der Waals surface area contributed by atoms with E-state index in [9.17, 15) is 4.79 Å². The Bertz CT molecular complexity index is 384. The van der Waals surface area contributed by atoms with E-state index in [1.165, 1.54) is 0 Å². The molecule has 0 unspecified atom stereocenters. The van der Waals surface area contributed by atoms with Crippen molar-refractivity contribution in [3.63, 3.8) is 0 Å². The highest BCUT2D eigenvalue weighted by atomic mass is 16.1.